The molecule has 2 fully saturated rings. The van der Waals surface area contributed by atoms with Gasteiger partial charge in [-0.15, -0.1) is 0 Å². The van der Waals surface area contributed by atoms with Gasteiger partial charge in [0.15, 0.2) is 0 Å². The molecule has 0 bridgehead atoms. The molecule has 0 spiro atoms. The van der Waals surface area contributed by atoms with E-state index in [2.05, 4.69) is 27.7 Å². The summed E-state index contributed by atoms with van der Waals surface area (Å²) in [5.74, 6) is -0.509. The molecule has 0 aliphatic carbocycles. The molecule has 0 aromatic heterocycles. The lowest BCUT2D eigenvalue weighted by molar-refractivity contribution is -0.124. The summed E-state index contributed by atoms with van der Waals surface area (Å²) < 4.78 is 5.44. The zero-order chi connectivity index (χ0) is 24.5. The van der Waals surface area contributed by atoms with E-state index >= 15 is 0 Å². The molecule has 2 aromatic rings. The molecule has 35 heavy (non-hydrogen) atoms. The number of ether oxygens (including phenoxy) is 1. The summed E-state index contributed by atoms with van der Waals surface area (Å²) in [6.45, 7) is 4.44. The highest BCUT2D eigenvalue weighted by Crippen LogP contribution is 2.31. The fourth-order valence-electron chi connectivity index (χ4n) is 3.99. The smallest absolute Gasteiger partial charge is 0.293 e. The SMILES string of the molecule is O=C(CN[C@H](CN1CCOCC1)c1ccccc1)NCCN1C(=O)S/C(=C/c2ccccc2)C1=O. The van der Waals surface area contributed by atoms with Crippen molar-refractivity contribution in [2.24, 2.45) is 0 Å². The molecule has 2 N–H and O–H groups in total. The first-order valence-corrected chi connectivity index (χ1v) is 12.6. The van der Waals surface area contributed by atoms with Crippen LogP contribution < -0.4 is 10.6 Å². The molecule has 2 heterocycles. The number of benzene rings is 2. The number of hydrogen-bond donors (Lipinski definition) is 2. The van der Waals surface area contributed by atoms with Gasteiger partial charge in [0, 0.05) is 38.8 Å². The molecule has 184 valence electrons. The number of nitrogens with zero attached hydrogens (tertiary/aromatic N) is 2. The first kappa shape index (κ1) is 25.1. The van der Waals surface area contributed by atoms with Crippen LogP contribution in [0.3, 0.4) is 0 Å². The maximum absolute atomic E-state index is 12.6. The molecule has 9 heteroatoms. The maximum atomic E-state index is 12.6. The average molecular weight is 495 g/mol. The maximum Gasteiger partial charge on any atom is 0.293 e. The molecule has 0 radical (unpaired) electrons. The minimum absolute atomic E-state index is 0.00358. The monoisotopic (exact) mass is 494 g/mol. The van der Waals surface area contributed by atoms with Gasteiger partial charge in [-0.05, 0) is 29.0 Å². The van der Waals surface area contributed by atoms with E-state index in [9.17, 15) is 14.4 Å². The zero-order valence-corrected chi connectivity index (χ0v) is 20.3. The van der Waals surface area contributed by atoms with Gasteiger partial charge in [0.1, 0.15) is 0 Å². The molecule has 2 saturated heterocycles. The molecule has 0 saturated carbocycles. The van der Waals surface area contributed by atoms with Gasteiger partial charge < -0.3 is 15.4 Å². The summed E-state index contributed by atoms with van der Waals surface area (Å²) >= 11 is 0.924. The van der Waals surface area contributed by atoms with Gasteiger partial charge in [-0.25, -0.2) is 0 Å². The summed E-state index contributed by atoms with van der Waals surface area (Å²) in [6, 6.07) is 19.5. The first-order chi connectivity index (χ1) is 17.1. The van der Waals surface area contributed by atoms with Gasteiger partial charge in [0.25, 0.3) is 11.1 Å². The Balaban J connectivity index is 1.25. The predicted octanol–water partition coefficient (Wildman–Crippen LogP) is 2.50. The molecule has 2 aliphatic heterocycles. The van der Waals surface area contributed by atoms with Crippen molar-refractivity contribution >= 4 is 34.9 Å². The van der Waals surface area contributed by atoms with Crippen molar-refractivity contribution in [3.8, 4) is 0 Å². The van der Waals surface area contributed by atoms with Crippen molar-refractivity contribution in [2.45, 2.75) is 6.04 Å². The molecular weight excluding hydrogens is 464 g/mol. The second-order valence-electron chi connectivity index (χ2n) is 8.35. The van der Waals surface area contributed by atoms with Gasteiger partial charge >= 0.3 is 0 Å². The molecule has 2 aromatic carbocycles. The van der Waals surface area contributed by atoms with E-state index in [1.54, 1.807) is 6.08 Å². The van der Waals surface area contributed by atoms with E-state index in [1.807, 2.05) is 48.5 Å². The standard InChI is InChI=1S/C26H30N4O4S/c31-24(18-28-22(21-9-5-2-6-10-21)19-29-13-15-34-16-14-29)27-11-12-30-25(32)23(35-26(30)33)17-20-7-3-1-4-8-20/h1-10,17,22,28H,11-16,18-19H2,(H,27,31)/b23-17+/t22-/m1/s1. The van der Waals surface area contributed by atoms with Crippen LogP contribution in [0.25, 0.3) is 6.08 Å². The number of hydrogen-bond acceptors (Lipinski definition) is 7. The Labute approximate surface area is 209 Å². The lowest BCUT2D eigenvalue weighted by atomic mass is 10.1. The number of nitrogens with one attached hydrogen (secondary N) is 2. The second-order valence-corrected chi connectivity index (χ2v) is 9.34. The summed E-state index contributed by atoms with van der Waals surface area (Å²) in [7, 11) is 0. The molecule has 3 amide bonds. The number of thioether (sulfide) groups is 1. The fourth-order valence-corrected chi connectivity index (χ4v) is 4.86. The Morgan fingerprint density at radius 2 is 1.71 bits per heavy atom. The Bertz CT molecular complexity index is 1040. The summed E-state index contributed by atoms with van der Waals surface area (Å²) in [6.07, 6.45) is 1.71. The van der Waals surface area contributed by atoms with Crippen LogP contribution in [0.1, 0.15) is 17.2 Å². The van der Waals surface area contributed by atoms with Gasteiger partial charge in [0.05, 0.1) is 24.7 Å². The normalized spacial score (nSPS) is 18.7. The third kappa shape index (κ3) is 7.25. The lowest BCUT2D eigenvalue weighted by Crippen LogP contribution is -2.45. The van der Waals surface area contributed by atoms with Crippen LogP contribution in [-0.2, 0) is 14.3 Å². The van der Waals surface area contributed by atoms with Crippen LogP contribution in [0.2, 0.25) is 0 Å². The number of amides is 3. The molecule has 2 aliphatic rings. The second kappa shape index (κ2) is 12.6. The van der Waals surface area contributed by atoms with Crippen LogP contribution in [0.5, 0.6) is 0 Å². The van der Waals surface area contributed by atoms with E-state index < -0.39 is 0 Å². The van der Waals surface area contributed by atoms with Crippen molar-refractivity contribution < 1.29 is 19.1 Å². The number of carbonyl (C=O) groups is 3. The van der Waals surface area contributed by atoms with Crippen LogP contribution in [-0.4, -0.2) is 79.3 Å². The number of rotatable bonds is 10. The first-order valence-electron chi connectivity index (χ1n) is 11.8. The molecular formula is C26H30N4O4S. The Morgan fingerprint density at radius 3 is 2.43 bits per heavy atom. The number of morpholine rings is 1. The van der Waals surface area contributed by atoms with Gasteiger partial charge in [-0.3, -0.25) is 24.2 Å². The van der Waals surface area contributed by atoms with Gasteiger partial charge in [-0.2, -0.15) is 0 Å². The third-order valence-electron chi connectivity index (χ3n) is 5.88. The Morgan fingerprint density at radius 1 is 1.03 bits per heavy atom. The highest BCUT2D eigenvalue weighted by Gasteiger charge is 2.34. The largest absolute Gasteiger partial charge is 0.379 e. The van der Waals surface area contributed by atoms with Crippen LogP contribution in [0.4, 0.5) is 4.79 Å². The van der Waals surface area contributed by atoms with Crippen LogP contribution >= 0.6 is 11.8 Å². The molecule has 4 rings (SSSR count). The molecule has 8 nitrogen and oxygen atoms in total. The summed E-state index contributed by atoms with van der Waals surface area (Å²) in [5.41, 5.74) is 1.98. The molecule has 1 atom stereocenters. The van der Waals surface area contributed by atoms with Crippen molar-refractivity contribution in [2.75, 3.05) is 52.5 Å². The number of carbonyl (C=O) groups excluding carboxylic acids is 3. The highest BCUT2D eigenvalue weighted by atomic mass is 32.2. The molecule has 0 unspecified atom stereocenters. The fraction of sp³-hybridized carbons (Fsp3) is 0.346. The van der Waals surface area contributed by atoms with Crippen LogP contribution in [0, 0.1) is 0 Å². The predicted molar refractivity (Wildman–Crippen MR) is 137 cm³/mol. The third-order valence-corrected chi connectivity index (χ3v) is 6.79. The quantitative estimate of drug-likeness (QED) is 0.491. The number of imide groups is 1. The van der Waals surface area contributed by atoms with Gasteiger partial charge in [-0.1, -0.05) is 60.7 Å². The minimum Gasteiger partial charge on any atom is -0.379 e. The Kier molecular flexibility index (Phi) is 9.08. The summed E-state index contributed by atoms with van der Waals surface area (Å²) in [4.78, 5) is 41.3. The zero-order valence-electron chi connectivity index (χ0n) is 19.5. The lowest BCUT2D eigenvalue weighted by Gasteiger charge is -2.31. The van der Waals surface area contributed by atoms with Crippen molar-refractivity contribution in [1.82, 2.24) is 20.4 Å². The Hall–Kier alpha value is -2.98. The van der Waals surface area contributed by atoms with E-state index in [0.29, 0.717) is 4.91 Å². The topological polar surface area (TPSA) is 91.0 Å². The van der Waals surface area contributed by atoms with E-state index in [1.165, 1.54) is 4.90 Å². The van der Waals surface area contributed by atoms with Crippen molar-refractivity contribution in [3.63, 3.8) is 0 Å². The summed E-state index contributed by atoms with van der Waals surface area (Å²) in [5, 5.41) is 5.85. The van der Waals surface area contributed by atoms with E-state index in [0.717, 1.165) is 55.7 Å². The van der Waals surface area contributed by atoms with Crippen LogP contribution in [0.15, 0.2) is 65.6 Å². The average Bonchev–Trinajstić information content (AvgIpc) is 3.15. The van der Waals surface area contributed by atoms with E-state index in [4.69, 9.17) is 4.74 Å². The van der Waals surface area contributed by atoms with E-state index in [-0.39, 0.29) is 42.7 Å². The highest BCUT2D eigenvalue weighted by molar-refractivity contribution is 8.18. The van der Waals surface area contributed by atoms with Crippen molar-refractivity contribution in [3.05, 3.63) is 76.7 Å². The van der Waals surface area contributed by atoms with Crippen molar-refractivity contribution in [1.29, 1.82) is 0 Å². The minimum atomic E-state index is -0.328. The van der Waals surface area contributed by atoms with Gasteiger partial charge in [0.2, 0.25) is 5.91 Å².